The number of piperidine rings is 2. The van der Waals surface area contributed by atoms with E-state index in [1.807, 2.05) is 48.2 Å². The number of benzene rings is 2. The van der Waals surface area contributed by atoms with Gasteiger partial charge in [0, 0.05) is 81.0 Å². The zero-order chi connectivity index (χ0) is 33.4. The van der Waals surface area contributed by atoms with E-state index in [2.05, 4.69) is 31.5 Å². The number of nitrogens with zero attached hydrogens (tertiary/aromatic N) is 5. The largest absolute Gasteiger partial charge is 0.633 e. The molecule has 3 N–H and O–H groups in total. The van der Waals surface area contributed by atoms with Gasteiger partial charge in [0.1, 0.15) is 6.04 Å². The molecule has 48 heavy (non-hydrogen) atoms. The highest BCUT2D eigenvalue weighted by molar-refractivity contribution is 5.88. The molecular weight excluding hydrogens is 608 g/mol. The second-order valence-corrected chi connectivity index (χ2v) is 14.2. The monoisotopic (exact) mass is 654 g/mol. The number of hydroxylamine groups is 3. The Kier molecular flexibility index (Phi) is 8.97. The van der Waals surface area contributed by atoms with Crippen molar-refractivity contribution in [2.45, 2.75) is 57.0 Å². The van der Waals surface area contributed by atoms with Crippen LogP contribution in [0.5, 0.6) is 0 Å². The van der Waals surface area contributed by atoms with Crippen molar-refractivity contribution in [2.24, 2.45) is 0 Å². The Labute approximate surface area is 280 Å². The summed E-state index contributed by atoms with van der Waals surface area (Å²) in [6, 6.07) is 13.3. The fraction of sp³-hybridized carbons (Fsp3) is 0.500. The number of hydrogen-bond donors (Lipinski definition) is 3. The molecule has 12 heteroatoms. The van der Waals surface area contributed by atoms with E-state index in [4.69, 9.17) is 0 Å². The van der Waals surface area contributed by atoms with Crippen molar-refractivity contribution in [3.8, 4) is 0 Å². The van der Waals surface area contributed by atoms with Gasteiger partial charge >= 0.3 is 6.03 Å². The maximum atomic E-state index is 14.1. The van der Waals surface area contributed by atoms with Gasteiger partial charge in [-0.15, -0.1) is 0 Å². The summed E-state index contributed by atoms with van der Waals surface area (Å²) in [4.78, 5) is 49.9. The van der Waals surface area contributed by atoms with Gasteiger partial charge in [0.25, 0.3) is 5.56 Å². The standard InChI is InChI=1S/C36H46N8O4/c1-24-19-25(20-28-23-37-40-33(24)28)21-32(35(46)42-15-13-41(14-16-42)29-9-17-44(2,48)18-10-29)39-36(47)43-11-7-26(8-12-43)30-22-27-5-3-4-6-31(27)38-34(30)45/h3-6,19-20,22-23,26,29,32H,7-18,21H2,1-2H3,(H,37,40)(H,38,45)(H,39,47)/t29?,32-,44?/m1/s1. The highest BCUT2D eigenvalue weighted by atomic mass is 16.5. The Morgan fingerprint density at radius 2 is 1.71 bits per heavy atom. The topological polar surface area (TPSA) is 140 Å². The van der Waals surface area contributed by atoms with Crippen molar-refractivity contribution in [3.05, 3.63) is 80.9 Å². The molecule has 3 saturated heterocycles. The van der Waals surface area contributed by atoms with E-state index in [1.54, 1.807) is 18.1 Å². The van der Waals surface area contributed by atoms with Gasteiger partial charge in [0.05, 0.1) is 31.9 Å². The molecular formula is C36H46N8O4. The number of likely N-dealkylation sites (tertiary alicyclic amines) is 2. The summed E-state index contributed by atoms with van der Waals surface area (Å²) in [5.41, 5.74) is 4.49. The summed E-state index contributed by atoms with van der Waals surface area (Å²) in [5, 5.41) is 24.7. The molecule has 0 aliphatic carbocycles. The first-order valence-electron chi connectivity index (χ1n) is 17.3. The maximum absolute atomic E-state index is 14.1. The van der Waals surface area contributed by atoms with Gasteiger partial charge in [0.15, 0.2) is 0 Å². The van der Waals surface area contributed by atoms with Gasteiger partial charge in [-0.25, -0.2) is 4.79 Å². The Morgan fingerprint density at radius 3 is 2.46 bits per heavy atom. The minimum atomic E-state index is -0.720. The lowest BCUT2D eigenvalue weighted by molar-refractivity contribution is -0.866. The summed E-state index contributed by atoms with van der Waals surface area (Å²) in [7, 11) is 1.75. The number of urea groups is 1. The molecule has 3 fully saturated rings. The number of aryl methyl sites for hydroxylation is 1. The van der Waals surface area contributed by atoms with Gasteiger partial charge in [-0.3, -0.25) is 19.6 Å². The number of carbonyl (C=O) groups excluding carboxylic acids is 2. The highest BCUT2D eigenvalue weighted by Crippen LogP contribution is 2.28. The van der Waals surface area contributed by atoms with E-state index in [1.165, 1.54) is 0 Å². The van der Waals surface area contributed by atoms with Crippen molar-refractivity contribution in [1.82, 2.24) is 35.2 Å². The number of H-pyrrole nitrogens is 2. The lowest BCUT2D eigenvalue weighted by Crippen LogP contribution is -2.59. The van der Waals surface area contributed by atoms with Gasteiger partial charge in [-0.1, -0.05) is 24.3 Å². The van der Waals surface area contributed by atoms with Crippen LogP contribution in [-0.2, 0) is 11.2 Å². The van der Waals surface area contributed by atoms with Crippen molar-refractivity contribution in [2.75, 3.05) is 59.4 Å². The van der Waals surface area contributed by atoms with Crippen LogP contribution in [0.3, 0.4) is 0 Å². The lowest BCUT2D eigenvalue weighted by Gasteiger charge is -2.48. The van der Waals surface area contributed by atoms with Crippen molar-refractivity contribution >= 4 is 33.7 Å². The molecule has 12 nitrogen and oxygen atoms in total. The number of nitrogens with one attached hydrogen (secondary N) is 3. The van der Waals surface area contributed by atoms with Gasteiger partial charge < -0.3 is 30.0 Å². The summed E-state index contributed by atoms with van der Waals surface area (Å²) < 4.78 is -0.167. The van der Waals surface area contributed by atoms with Crippen molar-refractivity contribution < 1.29 is 14.2 Å². The molecule has 3 amide bonds. The lowest BCUT2D eigenvalue weighted by atomic mass is 9.89. The number of carbonyl (C=O) groups is 2. The molecule has 3 aliphatic rings. The van der Waals surface area contributed by atoms with Crippen molar-refractivity contribution in [3.63, 3.8) is 0 Å². The van der Waals surface area contributed by atoms with Gasteiger partial charge in [-0.2, -0.15) is 5.10 Å². The number of quaternary nitrogens is 1. The van der Waals surface area contributed by atoms with Crippen LogP contribution in [0.1, 0.15) is 48.3 Å². The number of amides is 3. The Morgan fingerprint density at radius 1 is 0.979 bits per heavy atom. The zero-order valence-corrected chi connectivity index (χ0v) is 27.9. The fourth-order valence-corrected chi connectivity index (χ4v) is 7.96. The Bertz CT molecular complexity index is 1840. The SMILES string of the molecule is Cc1cc(C[C@@H](NC(=O)N2CCC(c3cc4ccccc4[nH]c3=O)CC2)C(=O)N2CCN(C3CC[N+](C)([O-])CC3)CC2)cc2cn[nH]c12. The third kappa shape index (κ3) is 6.83. The molecule has 1 atom stereocenters. The predicted molar refractivity (Wildman–Crippen MR) is 185 cm³/mol. The first-order valence-corrected chi connectivity index (χ1v) is 17.3. The molecule has 3 aliphatic heterocycles. The van der Waals surface area contributed by atoms with Crippen LogP contribution >= 0.6 is 0 Å². The minimum absolute atomic E-state index is 0.0614. The number of hydrogen-bond acceptors (Lipinski definition) is 6. The van der Waals surface area contributed by atoms with E-state index in [9.17, 15) is 19.6 Å². The summed E-state index contributed by atoms with van der Waals surface area (Å²) in [6.45, 7) is 7.01. The second-order valence-electron chi connectivity index (χ2n) is 14.2. The summed E-state index contributed by atoms with van der Waals surface area (Å²) in [6.07, 6.45) is 5.28. The number of pyridine rings is 1. The molecule has 0 radical (unpaired) electrons. The summed E-state index contributed by atoms with van der Waals surface area (Å²) in [5.74, 6) is -0.00994. The van der Waals surface area contributed by atoms with Crippen LogP contribution in [0.4, 0.5) is 4.79 Å². The van der Waals surface area contributed by atoms with E-state index in [0.717, 1.165) is 64.4 Å². The Balaban J connectivity index is 1.02. The predicted octanol–water partition coefficient (Wildman–Crippen LogP) is 3.46. The van der Waals surface area contributed by atoms with Crippen molar-refractivity contribution in [1.29, 1.82) is 0 Å². The molecule has 7 rings (SSSR count). The number of fused-ring (bicyclic) bond motifs is 2. The molecule has 2 aromatic carbocycles. The molecule has 254 valence electrons. The minimum Gasteiger partial charge on any atom is -0.633 e. The van der Waals surface area contributed by atoms with E-state index >= 15 is 0 Å². The number of aromatic nitrogens is 3. The number of rotatable bonds is 6. The normalized spacial score (nSPS) is 23.4. The molecule has 0 unspecified atom stereocenters. The van der Waals surface area contributed by atoms with Gasteiger partial charge in [0.2, 0.25) is 5.91 Å². The molecule has 5 heterocycles. The molecule has 0 saturated carbocycles. The average Bonchev–Trinajstić information content (AvgIpc) is 3.57. The molecule has 4 aromatic rings. The Hall–Kier alpha value is -4.26. The zero-order valence-electron chi connectivity index (χ0n) is 27.9. The van der Waals surface area contributed by atoms with Crippen LogP contribution in [0.2, 0.25) is 0 Å². The van der Waals surface area contributed by atoms with E-state index in [0.29, 0.717) is 64.6 Å². The highest BCUT2D eigenvalue weighted by Gasteiger charge is 2.35. The maximum Gasteiger partial charge on any atom is 0.318 e. The number of aromatic amines is 2. The molecule has 2 aromatic heterocycles. The van der Waals surface area contributed by atoms with Crippen LogP contribution < -0.4 is 10.9 Å². The average molecular weight is 655 g/mol. The molecule has 0 bridgehead atoms. The third-order valence-electron chi connectivity index (χ3n) is 10.9. The van der Waals surface area contributed by atoms with Gasteiger partial charge in [-0.05, 0) is 60.4 Å². The van der Waals surface area contributed by atoms with Crippen LogP contribution in [0.25, 0.3) is 21.8 Å². The molecule has 0 spiro atoms. The smallest absolute Gasteiger partial charge is 0.318 e. The third-order valence-corrected chi connectivity index (χ3v) is 10.9. The summed E-state index contributed by atoms with van der Waals surface area (Å²) >= 11 is 0. The quantitative estimate of drug-likeness (QED) is 0.215. The number of para-hydroxylation sites is 1. The fourth-order valence-electron chi connectivity index (χ4n) is 7.96. The van der Waals surface area contributed by atoms with Crippen LogP contribution in [-0.4, -0.2) is 118 Å². The van der Waals surface area contributed by atoms with E-state index < -0.39 is 6.04 Å². The second kappa shape index (κ2) is 13.3. The first-order chi connectivity index (χ1) is 23.1. The van der Waals surface area contributed by atoms with E-state index in [-0.39, 0.29) is 28.1 Å². The van der Waals surface area contributed by atoms with Crippen LogP contribution in [0.15, 0.2) is 53.5 Å². The first kappa shape index (κ1) is 32.3. The van der Waals surface area contributed by atoms with Crippen LogP contribution in [0, 0.1) is 12.1 Å². The number of piperazine rings is 1.